The molecule has 6 heteroatoms. The van der Waals surface area contributed by atoms with E-state index < -0.39 is 0 Å². The molecule has 130 valence electrons. The smallest absolute Gasteiger partial charge is 0.263 e. The summed E-state index contributed by atoms with van der Waals surface area (Å²) in [6.45, 7) is 0.641. The first kappa shape index (κ1) is 16.3. The lowest BCUT2D eigenvalue weighted by Crippen LogP contribution is -2.23. The van der Waals surface area contributed by atoms with E-state index in [-0.39, 0.29) is 11.4 Å². The average molecular weight is 357 g/mol. The molecule has 0 radical (unpaired) electrons. The molecule has 0 atom stereocenters. The molecular formula is C19H20FN3OS. The summed E-state index contributed by atoms with van der Waals surface area (Å²) in [5.74, 6) is 0.367. The number of anilines is 1. The predicted molar refractivity (Wildman–Crippen MR) is 100 cm³/mol. The van der Waals surface area contributed by atoms with Gasteiger partial charge < -0.3 is 5.32 Å². The van der Waals surface area contributed by atoms with Gasteiger partial charge in [-0.3, -0.25) is 9.36 Å². The van der Waals surface area contributed by atoms with Crippen molar-refractivity contribution in [1.82, 2.24) is 9.55 Å². The van der Waals surface area contributed by atoms with Gasteiger partial charge in [-0.1, -0.05) is 12.1 Å². The van der Waals surface area contributed by atoms with E-state index in [1.54, 1.807) is 35.1 Å². The fourth-order valence-corrected chi connectivity index (χ4v) is 4.67. The van der Waals surface area contributed by atoms with Gasteiger partial charge in [-0.25, -0.2) is 9.37 Å². The van der Waals surface area contributed by atoms with Crippen LogP contribution in [-0.2, 0) is 26.3 Å². The Morgan fingerprint density at radius 2 is 2.00 bits per heavy atom. The third kappa shape index (κ3) is 3.06. The summed E-state index contributed by atoms with van der Waals surface area (Å²) in [6, 6.07) is 6.48. The zero-order chi connectivity index (χ0) is 17.4. The Hall–Kier alpha value is -2.21. The van der Waals surface area contributed by atoms with Crippen LogP contribution >= 0.6 is 11.3 Å². The second-order valence-electron chi connectivity index (χ2n) is 6.49. The first-order valence-electron chi connectivity index (χ1n) is 8.63. The Kier molecular flexibility index (Phi) is 4.29. The summed E-state index contributed by atoms with van der Waals surface area (Å²) in [5, 5.41) is 4.07. The van der Waals surface area contributed by atoms with Crippen LogP contribution in [-0.4, -0.2) is 16.1 Å². The standard InChI is InChI=1S/C19H20FN3OS/c1-23-18(24)16-14-4-2-3-5-15(14)25-17(16)22-19(23)21-11-10-12-6-8-13(20)9-7-12/h6-9H,2-5,10-11H2,1H3,(H,21,22). The molecule has 0 fully saturated rings. The van der Waals surface area contributed by atoms with E-state index in [2.05, 4.69) is 5.32 Å². The van der Waals surface area contributed by atoms with Crippen molar-refractivity contribution >= 4 is 27.5 Å². The molecule has 0 aliphatic heterocycles. The lowest BCUT2D eigenvalue weighted by molar-refractivity contribution is 0.627. The van der Waals surface area contributed by atoms with Gasteiger partial charge in [0.1, 0.15) is 10.6 Å². The third-order valence-corrected chi connectivity index (χ3v) is 5.99. The molecule has 4 rings (SSSR count). The van der Waals surface area contributed by atoms with Crippen LogP contribution in [0.2, 0.25) is 0 Å². The van der Waals surface area contributed by atoms with Crippen molar-refractivity contribution in [3.05, 3.63) is 56.4 Å². The Morgan fingerprint density at radius 3 is 2.80 bits per heavy atom. The number of fused-ring (bicyclic) bond motifs is 3. The number of hydrogen-bond donors (Lipinski definition) is 1. The molecule has 0 unspecified atom stereocenters. The maximum absolute atomic E-state index is 13.0. The summed E-state index contributed by atoms with van der Waals surface area (Å²) in [7, 11) is 1.77. The van der Waals surface area contributed by atoms with Gasteiger partial charge in [0.25, 0.3) is 5.56 Å². The van der Waals surface area contributed by atoms with Gasteiger partial charge in [0, 0.05) is 18.5 Å². The van der Waals surface area contributed by atoms with Crippen LogP contribution in [0.1, 0.15) is 28.8 Å². The fourth-order valence-electron chi connectivity index (χ4n) is 3.41. The van der Waals surface area contributed by atoms with Crippen molar-refractivity contribution < 1.29 is 4.39 Å². The second-order valence-corrected chi connectivity index (χ2v) is 7.58. The number of rotatable bonds is 4. The maximum atomic E-state index is 13.0. The van der Waals surface area contributed by atoms with Crippen LogP contribution in [0.15, 0.2) is 29.1 Å². The predicted octanol–water partition coefficient (Wildman–Crippen LogP) is 3.67. The largest absolute Gasteiger partial charge is 0.355 e. The van der Waals surface area contributed by atoms with E-state index in [0.717, 1.165) is 41.5 Å². The summed E-state index contributed by atoms with van der Waals surface area (Å²) in [6.07, 6.45) is 5.15. The lowest BCUT2D eigenvalue weighted by Gasteiger charge is -2.12. The van der Waals surface area contributed by atoms with E-state index in [9.17, 15) is 9.18 Å². The van der Waals surface area contributed by atoms with Crippen LogP contribution in [0.3, 0.4) is 0 Å². The van der Waals surface area contributed by atoms with Crippen molar-refractivity contribution in [3.8, 4) is 0 Å². The Bertz CT molecular complexity index is 975. The summed E-state index contributed by atoms with van der Waals surface area (Å²) in [4.78, 5) is 19.7. The number of aryl methyl sites for hydroxylation is 2. The monoisotopic (exact) mass is 357 g/mol. The van der Waals surface area contributed by atoms with Crippen LogP contribution in [0, 0.1) is 5.82 Å². The minimum absolute atomic E-state index is 0.0358. The van der Waals surface area contributed by atoms with E-state index in [1.807, 2.05) is 0 Å². The van der Waals surface area contributed by atoms with E-state index in [4.69, 9.17) is 4.98 Å². The molecule has 4 nitrogen and oxygen atoms in total. The fraction of sp³-hybridized carbons (Fsp3) is 0.368. The molecule has 0 amide bonds. The van der Waals surface area contributed by atoms with Crippen molar-refractivity contribution in [2.75, 3.05) is 11.9 Å². The first-order valence-corrected chi connectivity index (χ1v) is 9.45. The number of benzene rings is 1. The highest BCUT2D eigenvalue weighted by Gasteiger charge is 2.20. The van der Waals surface area contributed by atoms with Gasteiger partial charge >= 0.3 is 0 Å². The molecule has 0 spiro atoms. The molecule has 1 aliphatic rings. The minimum atomic E-state index is -0.229. The van der Waals surface area contributed by atoms with Gasteiger partial charge in [0.15, 0.2) is 0 Å². The maximum Gasteiger partial charge on any atom is 0.263 e. The number of halogens is 1. The third-order valence-electron chi connectivity index (χ3n) is 4.81. The second kappa shape index (κ2) is 6.59. The van der Waals surface area contributed by atoms with Gasteiger partial charge in [-0.05, 0) is 55.4 Å². The lowest BCUT2D eigenvalue weighted by atomic mass is 9.97. The normalized spacial score (nSPS) is 13.8. The highest BCUT2D eigenvalue weighted by molar-refractivity contribution is 7.18. The number of aromatic nitrogens is 2. The molecule has 1 aliphatic carbocycles. The molecule has 0 saturated heterocycles. The summed E-state index contributed by atoms with van der Waals surface area (Å²) < 4.78 is 14.6. The van der Waals surface area contributed by atoms with Crippen molar-refractivity contribution in [3.63, 3.8) is 0 Å². The molecule has 2 heterocycles. The van der Waals surface area contributed by atoms with Gasteiger partial charge in [-0.15, -0.1) is 11.3 Å². The van der Waals surface area contributed by atoms with E-state index in [0.29, 0.717) is 12.5 Å². The molecule has 0 bridgehead atoms. The van der Waals surface area contributed by atoms with Crippen molar-refractivity contribution in [2.24, 2.45) is 7.05 Å². The summed E-state index contributed by atoms with van der Waals surface area (Å²) >= 11 is 1.66. The van der Waals surface area contributed by atoms with E-state index in [1.165, 1.54) is 29.0 Å². The van der Waals surface area contributed by atoms with Crippen LogP contribution in [0.4, 0.5) is 10.3 Å². The Balaban J connectivity index is 1.58. The molecule has 1 N–H and O–H groups in total. The zero-order valence-corrected chi connectivity index (χ0v) is 15.0. The number of hydrogen-bond acceptors (Lipinski definition) is 4. The first-order chi connectivity index (χ1) is 12.1. The van der Waals surface area contributed by atoms with Crippen LogP contribution < -0.4 is 10.9 Å². The number of nitrogens with one attached hydrogen (secondary N) is 1. The van der Waals surface area contributed by atoms with Crippen molar-refractivity contribution in [1.29, 1.82) is 0 Å². The van der Waals surface area contributed by atoms with E-state index >= 15 is 0 Å². The highest BCUT2D eigenvalue weighted by atomic mass is 32.1. The number of thiophene rings is 1. The zero-order valence-electron chi connectivity index (χ0n) is 14.1. The molecular weight excluding hydrogens is 337 g/mol. The minimum Gasteiger partial charge on any atom is -0.355 e. The Morgan fingerprint density at radius 1 is 1.24 bits per heavy atom. The van der Waals surface area contributed by atoms with Gasteiger partial charge in [0.2, 0.25) is 5.95 Å². The molecule has 2 aromatic heterocycles. The molecule has 0 saturated carbocycles. The highest BCUT2D eigenvalue weighted by Crippen LogP contribution is 2.34. The van der Waals surface area contributed by atoms with Gasteiger partial charge in [-0.2, -0.15) is 0 Å². The van der Waals surface area contributed by atoms with Crippen molar-refractivity contribution in [2.45, 2.75) is 32.1 Å². The molecule has 25 heavy (non-hydrogen) atoms. The number of nitrogens with zero attached hydrogens (tertiary/aromatic N) is 2. The quantitative estimate of drug-likeness (QED) is 0.775. The van der Waals surface area contributed by atoms with Gasteiger partial charge in [0.05, 0.1) is 5.39 Å². The van der Waals surface area contributed by atoms with Crippen LogP contribution in [0.5, 0.6) is 0 Å². The van der Waals surface area contributed by atoms with Crippen LogP contribution in [0.25, 0.3) is 10.2 Å². The molecule has 1 aromatic carbocycles. The molecule has 3 aromatic rings. The Labute approximate surface area is 149 Å². The average Bonchev–Trinajstić information content (AvgIpc) is 2.99. The summed E-state index contributed by atoms with van der Waals surface area (Å²) in [5.41, 5.74) is 2.30. The topological polar surface area (TPSA) is 46.9 Å². The SMILES string of the molecule is Cn1c(NCCc2ccc(F)cc2)nc2sc3c(c2c1=O)CCCC3.